The van der Waals surface area contributed by atoms with Crippen LogP contribution < -0.4 is 9.46 Å². The third kappa shape index (κ3) is 3.27. The summed E-state index contributed by atoms with van der Waals surface area (Å²) in [6, 6.07) is 9.67. The van der Waals surface area contributed by atoms with Crippen molar-refractivity contribution in [1.29, 1.82) is 0 Å². The number of phenols is 1. The minimum atomic E-state index is -3.69. The van der Waals surface area contributed by atoms with Crippen LogP contribution in [0.25, 0.3) is 0 Å². The molecular weight excluding hydrogens is 314 g/mol. The number of ether oxygens (including phenoxy) is 1. The van der Waals surface area contributed by atoms with Gasteiger partial charge in [0.1, 0.15) is 0 Å². The molecule has 2 aromatic rings. The molecule has 2 aromatic carbocycles. The summed E-state index contributed by atoms with van der Waals surface area (Å²) in [5.74, 6) is 0.180. The van der Waals surface area contributed by atoms with Gasteiger partial charge >= 0.3 is 0 Å². The van der Waals surface area contributed by atoms with Crippen LogP contribution in [0.1, 0.15) is 24.0 Å². The van der Waals surface area contributed by atoms with E-state index >= 15 is 0 Å². The van der Waals surface area contributed by atoms with E-state index in [2.05, 4.69) is 4.72 Å². The second kappa shape index (κ2) is 6.12. The molecule has 2 N–H and O–H groups in total. The van der Waals surface area contributed by atoms with Crippen molar-refractivity contribution in [3.63, 3.8) is 0 Å². The minimum absolute atomic E-state index is 0.113. The van der Waals surface area contributed by atoms with Gasteiger partial charge in [-0.1, -0.05) is 6.07 Å². The summed E-state index contributed by atoms with van der Waals surface area (Å²) in [7, 11) is -2.25. The van der Waals surface area contributed by atoms with Crippen LogP contribution in [0.5, 0.6) is 11.5 Å². The summed E-state index contributed by atoms with van der Waals surface area (Å²) in [5, 5.41) is 9.76. The van der Waals surface area contributed by atoms with Crippen LogP contribution in [-0.2, 0) is 22.9 Å². The average Bonchev–Trinajstić information content (AvgIpc) is 2.54. The summed E-state index contributed by atoms with van der Waals surface area (Å²) >= 11 is 0. The van der Waals surface area contributed by atoms with Crippen molar-refractivity contribution in [2.75, 3.05) is 11.8 Å². The molecule has 0 unspecified atom stereocenters. The van der Waals surface area contributed by atoms with Crippen LogP contribution in [-0.4, -0.2) is 20.6 Å². The molecular formula is C17H19NO4S. The highest BCUT2D eigenvalue weighted by Crippen LogP contribution is 2.30. The Bertz CT molecular complexity index is 830. The smallest absolute Gasteiger partial charge is 0.261 e. The number of hydrogen-bond donors (Lipinski definition) is 2. The molecule has 5 nitrogen and oxygen atoms in total. The zero-order chi connectivity index (χ0) is 16.4. The third-order valence-corrected chi connectivity index (χ3v) is 5.44. The second-order valence-electron chi connectivity index (χ2n) is 5.63. The van der Waals surface area contributed by atoms with E-state index in [9.17, 15) is 13.5 Å². The number of rotatable bonds is 4. The Labute approximate surface area is 136 Å². The lowest BCUT2D eigenvalue weighted by Gasteiger charge is -2.17. The normalized spacial score (nSPS) is 14.1. The first-order valence-electron chi connectivity index (χ1n) is 7.51. The van der Waals surface area contributed by atoms with Crippen molar-refractivity contribution in [3.05, 3.63) is 47.5 Å². The summed E-state index contributed by atoms with van der Waals surface area (Å²) in [6.45, 7) is 0. The van der Waals surface area contributed by atoms with Crippen LogP contribution in [0, 0.1) is 0 Å². The Balaban J connectivity index is 1.88. The first-order chi connectivity index (χ1) is 11.0. The van der Waals surface area contributed by atoms with Crippen LogP contribution in [0.4, 0.5) is 5.69 Å². The molecule has 122 valence electrons. The Morgan fingerprint density at radius 3 is 2.48 bits per heavy atom. The Morgan fingerprint density at radius 2 is 1.78 bits per heavy atom. The van der Waals surface area contributed by atoms with Crippen molar-refractivity contribution in [3.8, 4) is 11.5 Å². The van der Waals surface area contributed by atoms with Gasteiger partial charge < -0.3 is 9.84 Å². The van der Waals surface area contributed by atoms with Crippen molar-refractivity contribution in [1.82, 2.24) is 0 Å². The van der Waals surface area contributed by atoms with E-state index in [-0.39, 0.29) is 10.6 Å². The number of anilines is 1. The van der Waals surface area contributed by atoms with Gasteiger partial charge in [0.15, 0.2) is 11.5 Å². The van der Waals surface area contributed by atoms with Crippen molar-refractivity contribution < 1.29 is 18.3 Å². The van der Waals surface area contributed by atoms with Crippen molar-refractivity contribution in [2.24, 2.45) is 0 Å². The van der Waals surface area contributed by atoms with Crippen LogP contribution in [0.15, 0.2) is 41.3 Å². The number of hydrogen-bond acceptors (Lipinski definition) is 4. The molecule has 0 saturated carbocycles. The number of aryl methyl sites for hydroxylation is 2. The fraction of sp³-hybridized carbons (Fsp3) is 0.294. The third-order valence-electron chi connectivity index (χ3n) is 4.06. The minimum Gasteiger partial charge on any atom is -0.504 e. The van der Waals surface area contributed by atoms with Gasteiger partial charge in [-0.05, 0) is 61.1 Å². The quantitative estimate of drug-likeness (QED) is 0.901. The molecule has 1 aliphatic carbocycles. The van der Waals surface area contributed by atoms with Crippen LogP contribution >= 0.6 is 0 Å². The van der Waals surface area contributed by atoms with Gasteiger partial charge in [0.2, 0.25) is 0 Å². The Hall–Kier alpha value is -2.21. The van der Waals surface area contributed by atoms with Crippen molar-refractivity contribution >= 4 is 15.7 Å². The Kier molecular flexibility index (Phi) is 4.17. The highest BCUT2D eigenvalue weighted by atomic mass is 32.2. The van der Waals surface area contributed by atoms with Crippen molar-refractivity contribution in [2.45, 2.75) is 30.6 Å². The van der Waals surface area contributed by atoms with E-state index in [1.165, 1.54) is 24.8 Å². The molecule has 3 rings (SSSR count). The maximum atomic E-state index is 12.5. The number of aromatic hydroxyl groups is 1. The average molecular weight is 333 g/mol. The number of phenolic OH excluding ortho intramolecular Hbond substituents is 1. The fourth-order valence-electron chi connectivity index (χ4n) is 2.84. The lowest BCUT2D eigenvalue weighted by Crippen LogP contribution is -2.14. The summed E-state index contributed by atoms with van der Waals surface area (Å²) in [4.78, 5) is 0.244. The molecule has 0 amide bonds. The summed E-state index contributed by atoms with van der Waals surface area (Å²) in [6.07, 6.45) is 4.18. The topological polar surface area (TPSA) is 75.6 Å². The van der Waals surface area contributed by atoms with E-state index < -0.39 is 10.0 Å². The van der Waals surface area contributed by atoms with E-state index in [1.54, 1.807) is 18.2 Å². The highest BCUT2D eigenvalue weighted by Gasteiger charge is 2.18. The summed E-state index contributed by atoms with van der Waals surface area (Å²) < 4.78 is 32.5. The largest absolute Gasteiger partial charge is 0.504 e. The molecule has 23 heavy (non-hydrogen) atoms. The molecule has 6 heteroatoms. The molecule has 0 spiro atoms. The van der Waals surface area contributed by atoms with Crippen LogP contribution in [0.2, 0.25) is 0 Å². The number of fused-ring (bicyclic) bond motifs is 1. The van der Waals surface area contributed by atoms with Gasteiger partial charge in [0.05, 0.1) is 17.7 Å². The predicted molar refractivity (Wildman–Crippen MR) is 88.6 cm³/mol. The van der Waals surface area contributed by atoms with Gasteiger partial charge in [0, 0.05) is 6.07 Å². The molecule has 0 saturated heterocycles. The number of methoxy groups -OCH3 is 1. The maximum absolute atomic E-state index is 12.5. The Morgan fingerprint density at radius 1 is 1.04 bits per heavy atom. The molecule has 0 aromatic heterocycles. The molecule has 0 atom stereocenters. The predicted octanol–water partition coefficient (Wildman–Crippen LogP) is 3.08. The molecule has 0 bridgehead atoms. The van der Waals surface area contributed by atoms with Gasteiger partial charge in [-0.15, -0.1) is 0 Å². The van der Waals surface area contributed by atoms with Gasteiger partial charge in [-0.2, -0.15) is 0 Å². The monoisotopic (exact) mass is 333 g/mol. The van der Waals surface area contributed by atoms with E-state index in [1.807, 2.05) is 6.07 Å². The lowest BCUT2D eigenvalue weighted by atomic mass is 9.92. The first kappa shape index (κ1) is 15.7. The molecule has 1 aliphatic rings. The zero-order valence-electron chi connectivity index (χ0n) is 12.9. The lowest BCUT2D eigenvalue weighted by molar-refractivity contribution is 0.373. The van der Waals surface area contributed by atoms with Gasteiger partial charge in [-0.25, -0.2) is 8.42 Å². The molecule has 0 aliphatic heterocycles. The van der Waals surface area contributed by atoms with Gasteiger partial charge in [0.25, 0.3) is 10.0 Å². The fourth-order valence-corrected chi connectivity index (χ4v) is 3.94. The summed E-state index contributed by atoms with van der Waals surface area (Å²) in [5.41, 5.74) is 2.63. The zero-order valence-corrected chi connectivity index (χ0v) is 13.7. The number of sulfonamides is 1. The number of nitrogens with one attached hydrogen (secondary N) is 1. The SMILES string of the molecule is COc1ccc(NS(=O)(=O)c2ccc3c(c2)CCCC3)cc1O. The van der Waals surface area contributed by atoms with Gasteiger partial charge in [-0.3, -0.25) is 4.72 Å². The van der Waals surface area contributed by atoms with E-state index in [4.69, 9.17) is 4.74 Å². The van der Waals surface area contributed by atoms with Crippen LogP contribution in [0.3, 0.4) is 0 Å². The molecule has 0 radical (unpaired) electrons. The maximum Gasteiger partial charge on any atom is 0.261 e. The second-order valence-corrected chi connectivity index (χ2v) is 7.31. The van der Waals surface area contributed by atoms with E-state index in [0.29, 0.717) is 11.4 Å². The standard InChI is InChI=1S/C17H19NO4S/c1-22-17-9-7-14(11-16(17)19)18-23(20,21)15-8-6-12-4-2-3-5-13(12)10-15/h6-11,18-19H,2-5H2,1H3. The highest BCUT2D eigenvalue weighted by molar-refractivity contribution is 7.92. The molecule has 0 fully saturated rings. The molecule has 0 heterocycles. The first-order valence-corrected chi connectivity index (χ1v) is 8.99. The number of benzene rings is 2. The van der Waals surface area contributed by atoms with E-state index in [0.717, 1.165) is 31.2 Å².